The monoisotopic (exact) mass is 1890 g/mol. The SMILES string of the molecule is C/C=C(/C)C(=O)O[C@H]1C(C)=C2[C@H]([C@@H]1OC(=O)CCCCCCC)[C@@](C)(OC(C)=O)C[C@H](OC(=O)CCC)[C@@]1(O)[C@H]2OC(=O)[C@@]1(C)O.CC(=O)O[C@H]1C(=O)[C@@]2(C)[C@H]([C@H](OC(=O)c3ccccc3)[C@]3(O)C[C@H](OC(=O)[C@H](O)[C@@H](NC(=O)c4ccccc4)c4ccccc4)C(C)=C1C3(C)C)[C@]1(OC(C)=O)CO[C@@H]1C[C@@H]2O.Cc1cccc(CN2CCN(C(c3ccccc3)c3ccc(Cl)cc3)CC2)c1. The topological polar surface area (TPSA) is 400 Å². The summed E-state index contributed by atoms with van der Waals surface area (Å²) in [7, 11) is 0. The molecule has 0 aromatic heterocycles. The lowest BCUT2D eigenvalue weighted by Gasteiger charge is -2.67. The van der Waals surface area contributed by atoms with Gasteiger partial charge in [0.1, 0.15) is 35.6 Å². The summed E-state index contributed by atoms with van der Waals surface area (Å²) in [5, 5.41) is 64.9. The zero-order valence-corrected chi connectivity index (χ0v) is 80.7. The molecule has 3 saturated heterocycles. The first-order chi connectivity index (χ1) is 64.5. The van der Waals surface area contributed by atoms with Crippen molar-refractivity contribution in [1.82, 2.24) is 15.1 Å². The number of hydrogen-bond acceptors (Lipinski definition) is 28. The van der Waals surface area contributed by atoms with Crippen molar-refractivity contribution < 1.29 is 126 Å². The van der Waals surface area contributed by atoms with Gasteiger partial charge < -0.3 is 78.2 Å². The Bertz CT molecular complexity index is 5450. The molecule has 8 aliphatic rings. The first-order valence-electron chi connectivity index (χ1n) is 46.8. The van der Waals surface area contributed by atoms with Crippen molar-refractivity contribution in [1.29, 1.82) is 0 Å². The number of halogens is 1. The lowest BCUT2D eigenvalue weighted by Crippen LogP contribution is -2.82. The van der Waals surface area contributed by atoms with Gasteiger partial charge in [0.05, 0.1) is 47.6 Å². The lowest BCUT2D eigenvalue weighted by atomic mass is 9.44. The van der Waals surface area contributed by atoms with Crippen LogP contribution in [0.15, 0.2) is 204 Å². The molecule has 2 bridgehead atoms. The summed E-state index contributed by atoms with van der Waals surface area (Å²) < 4.78 is 59.6. The first kappa shape index (κ1) is 104. The number of hydrogen-bond donors (Lipinski definition) is 6. The number of amides is 1. The summed E-state index contributed by atoms with van der Waals surface area (Å²) in [4.78, 5) is 154. The highest BCUT2D eigenvalue weighted by atomic mass is 35.5. The van der Waals surface area contributed by atoms with Crippen molar-refractivity contribution in [2.24, 2.45) is 22.7 Å². The van der Waals surface area contributed by atoms with Crippen LogP contribution in [0.4, 0.5) is 0 Å². The fourth-order valence-corrected chi connectivity index (χ4v) is 21.4. The summed E-state index contributed by atoms with van der Waals surface area (Å²) in [6.45, 7) is 27.9. The van der Waals surface area contributed by atoms with Gasteiger partial charge in [0.25, 0.3) is 5.91 Å². The Labute approximate surface area is 798 Å². The van der Waals surface area contributed by atoms with Crippen molar-refractivity contribution in [2.75, 3.05) is 32.8 Å². The summed E-state index contributed by atoms with van der Waals surface area (Å²) in [5.41, 5.74) is -7.74. The molecule has 14 rings (SSSR count). The van der Waals surface area contributed by atoms with Gasteiger partial charge in [0.15, 0.2) is 53.1 Å². The minimum Gasteiger partial charge on any atom is -0.459 e. The Morgan fingerprint density at radius 3 is 1.79 bits per heavy atom. The smallest absolute Gasteiger partial charge is 0.341 e. The average molecular weight is 1900 g/mol. The molecule has 3 heterocycles. The molecule has 3 aliphatic heterocycles. The van der Waals surface area contributed by atoms with Crippen LogP contribution in [-0.4, -0.2) is 223 Å². The van der Waals surface area contributed by atoms with Crippen molar-refractivity contribution in [3.63, 3.8) is 0 Å². The van der Waals surface area contributed by atoms with E-state index in [-0.39, 0.29) is 70.9 Å². The maximum atomic E-state index is 15.5. The van der Waals surface area contributed by atoms with Crippen LogP contribution in [0.1, 0.15) is 228 Å². The standard InChI is InChI=1S/C47H51NO14.C34H50O12.C25H27ClN2/c1-25-31(60-43(56)36(52)35(28-16-10-7-11-17-28)48-41(54)29-18-12-8-13-19-29)23-47(57)40(61-42(55)30-20-14-9-15-21-30)38-45(6,32(51)22-33-46(38,24-58-33)62-27(3)50)39(53)37(59-26(2)49)34(25)44(47,4)5;1-9-12-13-14-15-17-24(37)43-28-26-25(20(5)27(28)44-30(38)19(4)11-3)29-34(41,33(8,40)31(39)45-29)22(42-23(36)16-10-2)18-32(26,7)46-21(6)35;1-20-6-5-7-21(18-20)19-27-14-16-28(17-15-27)25(22-8-3-2-4-9-22)23-10-12-24(26)13-11-23/h7-21,31-33,35-38,40,51-52,57H,22-24H2,1-6H3,(H,48,54);11,22,26-29,40-41H,9-10,12-18H2,1-8H3;2-13,18,25H,14-17,19H2,1H3/b;19-11-;/t31-,32-,33+,35-,36+,37+,38-,40-,45+,46-,47+;22-,26+,27-,28-,29-,32-,33+,34+;/m00./s1. The van der Waals surface area contributed by atoms with E-state index >= 15 is 4.79 Å². The van der Waals surface area contributed by atoms with E-state index in [4.69, 9.17) is 59.0 Å². The van der Waals surface area contributed by atoms with E-state index in [0.29, 0.717) is 18.4 Å². The quantitative estimate of drug-likeness (QED) is 0.00873. The van der Waals surface area contributed by atoms with Crippen LogP contribution in [0, 0.1) is 29.6 Å². The van der Waals surface area contributed by atoms with Crippen LogP contribution in [-0.2, 0) is 97.1 Å². The van der Waals surface area contributed by atoms with Crippen molar-refractivity contribution >= 4 is 77.0 Å². The maximum absolute atomic E-state index is 15.5. The third-order valence-corrected chi connectivity index (χ3v) is 28.8. The predicted octanol–water partition coefficient (Wildman–Crippen LogP) is 13.2. The first-order valence-corrected chi connectivity index (χ1v) is 47.1. The van der Waals surface area contributed by atoms with Crippen LogP contribution >= 0.6 is 11.6 Å². The van der Waals surface area contributed by atoms with Crippen molar-refractivity contribution in [3.05, 3.63) is 248 Å². The molecule has 0 radical (unpaired) electrons. The minimum absolute atomic E-state index is 0.00289. The molecule has 0 spiro atoms. The van der Waals surface area contributed by atoms with Gasteiger partial charge in [-0.1, -0.05) is 210 Å². The number of allylic oxidation sites excluding steroid dienone is 1. The lowest BCUT2D eigenvalue weighted by molar-refractivity contribution is -0.346. The Kier molecular flexibility index (Phi) is 33.0. The minimum atomic E-state index is -2.57. The van der Waals surface area contributed by atoms with E-state index in [0.717, 1.165) is 84.2 Å². The van der Waals surface area contributed by atoms with Gasteiger partial charge in [-0.3, -0.25) is 43.4 Å². The van der Waals surface area contributed by atoms with Crippen LogP contribution in [0.3, 0.4) is 0 Å². The molecule has 730 valence electrons. The Morgan fingerprint density at radius 2 is 1.21 bits per heavy atom. The average Bonchev–Trinajstić information content (AvgIpc) is 0.939. The molecule has 30 heteroatoms. The molecular weight excluding hydrogens is 1770 g/mol. The number of piperazine rings is 1. The van der Waals surface area contributed by atoms with Crippen molar-refractivity contribution in [2.45, 2.75) is 282 Å². The van der Waals surface area contributed by atoms with Gasteiger partial charge in [-0.2, -0.15) is 0 Å². The highest BCUT2D eigenvalue weighted by Gasteiger charge is 2.80. The number of nitrogens with zero attached hydrogens (tertiary/aromatic N) is 2. The second-order valence-electron chi connectivity index (χ2n) is 38.1. The number of benzene rings is 6. The Hall–Kier alpha value is -11.1. The molecule has 6 aromatic carbocycles. The van der Waals surface area contributed by atoms with E-state index in [1.54, 1.807) is 126 Å². The second kappa shape index (κ2) is 43.3. The molecule has 29 nitrogen and oxygen atoms in total. The number of esters is 9. The van der Waals surface area contributed by atoms with E-state index in [9.17, 15) is 73.5 Å². The highest BCUT2D eigenvalue weighted by Crippen LogP contribution is 2.65. The number of carbonyl (C=O) groups is 11. The van der Waals surface area contributed by atoms with Gasteiger partial charge in [0.2, 0.25) is 0 Å². The number of carbonyl (C=O) groups excluding carboxylic acids is 11. The molecule has 5 aliphatic carbocycles. The van der Waals surface area contributed by atoms with Gasteiger partial charge in [-0.15, -0.1) is 0 Å². The fourth-order valence-electron chi connectivity index (χ4n) is 21.2. The van der Waals surface area contributed by atoms with E-state index in [1.165, 1.54) is 62.1 Å². The maximum Gasteiger partial charge on any atom is 0.341 e. The number of fused-ring (bicyclic) bond motifs is 8. The Morgan fingerprint density at radius 1 is 0.625 bits per heavy atom. The Balaban J connectivity index is 0.000000197. The molecule has 6 N–H and O–H groups in total. The summed E-state index contributed by atoms with van der Waals surface area (Å²) in [6.07, 6.45) is -10.2. The number of rotatable bonds is 28. The summed E-state index contributed by atoms with van der Waals surface area (Å²) >= 11 is 6.14. The normalized spacial score (nSPS) is 29.4. The molecule has 20 atom stereocenters. The molecule has 6 aromatic rings. The van der Waals surface area contributed by atoms with Gasteiger partial charge >= 0.3 is 53.7 Å². The van der Waals surface area contributed by atoms with Gasteiger partial charge in [0, 0.05) is 107 Å². The second-order valence-corrected chi connectivity index (χ2v) is 38.5. The number of aliphatic hydroxyl groups is 5. The van der Waals surface area contributed by atoms with Crippen molar-refractivity contribution in [3.8, 4) is 0 Å². The molecule has 1 amide bonds. The highest BCUT2D eigenvalue weighted by molar-refractivity contribution is 6.30. The zero-order chi connectivity index (χ0) is 98.9. The summed E-state index contributed by atoms with van der Waals surface area (Å²) in [5.74, 6) is -11.9. The van der Waals surface area contributed by atoms with Crippen LogP contribution in [0.2, 0.25) is 5.02 Å². The predicted molar refractivity (Wildman–Crippen MR) is 499 cm³/mol. The van der Waals surface area contributed by atoms with E-state index in [1.807, 2.05) is 12.1 Å². The molecule has 6 fully saturated rings. The number of unbranched alkanes of at least 4 members (excludes halogenated alkanes) is 4. The van der Waals surface area contributed by atoms with Crippen LogP contribution in [0.25, 0.3) is 0 Å². The van der Waals surface area contributed by atoms with E-state index in [2.05, 4.69) is 95.7 Å². The molecular formula is C106H128ClN3O26. The number of ketones is 1. The van der Waals surface area contributed by atoms with Crippen LogP contribution in [0.5, 0.6) is 0 Å². The number of Topliss-reactive ketones (excluding diaryl/α,β-unsaturated/α-hetero) is 1. The third-order valence-electron chi connectivity index (χ3n) is 28.6. The van der Waals surface area contributed by atoms with E-state index < -0.39 is 196 Å². The molecule has 136 heavy (non-hydrogen) atoms. The van der Waals surface area contributed by atoms with Crippen LogP contribution < -0.4 is 5.32 Å². The number of ether oxygens (including phenoxy) is 10. The number of aryl methyl sites for hydroxylation is 1. The largest absolute Gasteiger partial charge is 0.459 e. The number of aliphatic hydroxyl groups excluding tert-OH is 2. The number of nitrogens with one attached hydrogen (secondary N) is 1. The summed E-state index contributed by atoms with van der Waals surface area (Å²) in [6, 6.07) is 51.2. The molecule has 3 saturated carbocycles. The van der Waals surface area contributed by atoms with Gasteiger partial charge in [-0.25, -0.2) is 19.2 Å². The van der Waals surface area contributed by atoms with Gasteiger partial charge in [-0.05, 0) is 149 Å². The molecule has 1 unspecified atom stereocenters. The fraction of sp³-hybridized carbons (Fsp3) is 0.500. The third kappa shape index (κ3) is 21.3. The zero-order valence-electron chi connectivity index (χ0n) is 79.9.